The van der Waals surface area contributed by atoms with E-state index < -0.39 is 0 Å². The third kappa shape index (κ3) is 4.30. The lowest BCUT2D eigenvalue weighted by Crippen LogP contribution is -2.40. The molecule has 5 nitrogen and oxygen atoms in total. The number of amides is 1. The summed E-state index contributed by atoms with van der Waals surface area (Å²) in [6.07, 6.45) is 8.19. The van der Waals surface area contributed by atoms with Crippen LogP contribution in [0.15, 0.2) is 41.2 Å². The third-order valence-electron chi connectivity index (χ3n) is 6.47. The van der Waals surface area contributed by atoms with E-state index in [1.54, 1.807) is 10.6 Å². The van der Waals surface area contributed by atoms with Crippen LogP contribution in [0.3, 0.4) is 0 Å². The molecule has 1 saturated carbocycles. The first-order valence-corrected chi connectivity index (χ1v) is 11.0. The van der Waals surface area contributed by atoms with Crippen molar-refractivity contribution < 1.29 is 4.79 Å². The molecule has 0 saturated heterocycles. The zero-order valence-electron chi connectivity index (χ0n) is 17.3. The molecule has 0 unspecified atom stereocenters. The van der Waals surface area contributed by atoms with E-state index in [1.165, 1.54) is 32.1 Å². The van der Waals surface area contributed by atoms with Crippen molar-refractivity contribution in [1.29, 1.82) is 0 Å². The Labute approximate surface area is 172 Å². The molecule has 0 atom stereocenters. The van der Waals surface area contributed by atoms with Gasteiger partial charge in [-0.1, -0.05) is 49.6 Å². The average molecular weight is 394 g/mol. The summed E-state index contributed by atoms with van der Waals surface area (Å²) >= 11 is 0. The van der Waals surface area contributed by atoms with Crippen molar-refractivity contribution in [2.75, 3.05) is 20.1 Å². The van der Waals surface area contributed by atoms with Gasteiger partial charge in [0, 0.05) is 43.0 Å². The second kappa shape index (κ2) is 8.95. The first-order chi connectivity index (χ1) is 14.1. The number of pyridine rings is 1. The van der Waals surface area contributed by atoms with Crippen LogP contribution in [0.5, 0.6) is 0 Å². The van der Waals surface area contributed by atoms with Crippen molar-refractivity contribution in [2.45, 2.75) is 57.5 Å². The first kappa shape index (κ1) is 19.9. The molecule has 1 aliphatic heterocycles. The maximum absolute atomic E-state index is 13.2. The second-order valence-corrected chi connectivity index (χ2v) is 8.37. The molecule has 1 aliphatic carbocycles. The summed E-state index contributed by atoms with van der Waals surface area (Å²) in [7, 11) is 2.16. The highest BCUT2D eigenvalue weighted by Crippen LogP contribution is 2.28. The fraction of sp³-hybridized carbons (Fsp3) is 0.500. The number of benzene rings is 1. The molecule has 1 aromatic carbocycles. The monoisotopic (exact) mass is 393 g/mol. The van der Waals surface area contributed by atoms with E-state index >= 15 is 0 Å². The van der Waals surface area contributed by atoms with E-state index in [-0.39, 0.29) is 11.5 Å². The summed E-state index contributed by atoms with van der Waals surface area (Å²) in [5, 5.41) is 3.13. The van der Waals surface area contributed by atoms with E-state index in [0.717, 1.165) is 36.2 Å². The SMILES string of the molecule is CN(CCNC(=O)c1c(-c2ccccc2)cc(=O)n2c1CCC2)C1CCCCC1. The zero-order chi connectivity index (χ0) is 20.2. The molecular formula is C24H31N3O2. The smallest absolute Gasteiger partial charge is 0.253 e. The van der Waals surface area contributed by atoms with Crippen LogP contribution in [-0.2, 0) is 13.0 Å². The normalized spacial score (nSPS) is 16.8. The highest BCUT2D eigenvalue weighted by molar-refractivity contribution is 6.02. The van der Waals surface area contributed by atoms with Gasteiger partial charge in [-0.25, -0.2) is 0 Å². The van der Waals surface area contributed by atoms with Gasteiger partial charge in [0.15, 0.2) is 0 Å². The van der Waals surface area contributed by atoms with Crippen LogP contribution in [0, 0.1) is 0 Å². The molecule has 154 valence electrons. The van der Waals surface area contributed by atoms with Crippen molar-refractivity contribution in [3.63, 3.8) is 0 Å². The molecular weight excluding hydrogens is 362 g/mol. The van der Waals surface area contributed by atoms with Crippen LogP contribution in [0.25, 0.3) is 11.1 Å². The predicted molar refractivity (Wildman–Crippen MR) is 116 cm³/mol. The van der Waals surface area contributed by atoms with Gasteiger partial charge in [-0.15, -0.1) is 0 Å². The molecule has 2 aliphatic rings. The summed E-state index contributed by atoms with van der Waals surface area (Å²) in [5.74, 6) is -0.0634. The van der Waals surface area contributed by atoms with E-state index in [9.17, 15) is 9.59 Å². The third-order valence-corrected chi connectivity index (χ3v) is 6.47. The van der Waals surface area contributed by atoms with Gasteiger partial charge < -0.3 is 14.8 Å². The van der Waals surface area contributed by atoms with Gasteiger partial charge in [-0.3, -0.25) is 9.59 Å². The number of aromatic nitrogens is 1. The van der Waals surface area contributed by atoms with Gasteiger partial charge in [0.1, 0.15) is 0 Å². The van der Waals surface area contributed by atoms with Crippen molar-refractivity contribution in [3.05, 3.63) is 58.0 Å². The molecule has 2 heterocycles. The molecule has 1 aromatic heterocycles. The number of fused-ring (bicyclic) bond motifs is 1. The standard InChI is InChI=1S/C24H31N3O2/c1-26(19-11-6-3-7-12-19)16-14-25-24(29)23-20(18-9-4-2-5-10-18)17-22(28)27-15-8-13-21(23)27/h2,4-5,9-10,17,19H,3,6-8,11-16H2,1H3,(H,25,29). The van der Waals surface area contributed by atoms with Crippen LogP contribution >= 0.6 is 0 Å². The predicted octanol–water partition coefficient (Wildman–Crippen LogP) is 3.46. The highest BCUT2D eigenvalue weighted by Gasteiger charge is 2.25. The van der Waals surface area contributed by atoms with Gasteiger partial charge >= 0.3 is 0 Å². The molecule has 1 fully saturated rings. The molecule has 1 N–H and O–H groups in total. The number of likely N-dealkylation sites (N-methyl/N-ethyl adjacent to an activating group) is 1. The van der Waals surface area contributed by atoms with Gasteiger partial charge in [0.05, 0.1) is 5.56 Å². The lowest BCUT2D eigenvalue weighted by atomic mass is 9.94. The first-order valence-electron chi connectivity index (χ1n) is 11.0. The molecule has 5 heteroatoms. The minimum atomic E-state index is -0.0634. The molecule has 29 heavy (non-hydrogen) atoms. The van der Waals surface area contributed by atoms with Gasteiger partial charge in [0.2, 0.25) is 0 Å². The highest BCUT2D eigenvalue weighted by atomic mass is 16.2. The average Bonchev–Trinajstić information content (AvgIpc) is 3.25. The van der Waals surface area contributed by atoms with Gasteiger partial charge in [0.25, 0.3) is 11.5 Å². The van der Waals surface area contributed by atoms with Crippen molar-refractivity contribution >= 4 is 5.91 Å². The molecule has 2 aromatic rings. The Morgan fingerprint density at radius 1 is 1.14 bits per heavy atom. The lowest BCUT2D eigenvalue weighted by Gasteiger charge is -2.31. The summed E-state index contributed by atoms with van der Waals surface area (Å²) in [6.45, 7) is 2.18. The van der Waals surface area contributed by atoms with Gasteiger partial charge in [-0.2, -0.15) is 0 Å². The maximum Gasteiger partial charge on any atom is 0.253 e. The summed E-state index contributed by atoms with van der Waals surface area (Å²) in [5.41, 5.74) is 3.22. The van der Waals surface area contributed by atoms with Crippen LogP contribution in [0.2, 0.25) is 0 Å². The number of rotatable bonds is 6. The largest absolute Gasteiger partial charge is 0.351 e. The molecule has 4 rings (SSSR count). The van der Waals surface area contributed by atoms with E-state index in [0.29, 0.717) is 24.7 Å². The van der Waals surface area contributed by atoms with Crippen molar-refractivity contribution in [2.24, 2.45) is 0 Å². The number of nitrogens with zero attached hydrogens (tertiary/aromatic N) is 2. The molecule has 0 radical (unpaired) electrons. The van der Waals surface area contributed by atoms with Crippen LogP contribution < -0.4 is 10.9 Å². The fourth-order valence-corrected chi connectivity index (χ4v) is 4.84. The molecule has 1 amide bonds. The number of hydrogen-bond acceptors (Lipinski definition) is 3. The Morgan fingerprint density at radius 3 is 2.66 bits per heavy atom. The topological polar surface area (TPSA) is 54.3 Å². The Balaban J connectivity index is 1.53. The molecule has 0 spiro atoms. The number of nitrogens with one attached hydrogen (secondary N) is 1. The van der Waals surface area contributed by atoms with Crippen LogP contribution in [-0.4, -0.2) is 41.6 Å². The van der Waals surface area contributed by atoms with E-state index in [2.05, 4.69) is 17.3 Å². The quantitative estimate of drug-likeness (QED) is 0.818. The minimum absolute atomic E-state index is 0.00932. The zero-order valence-corrected chi connectivity index (χ0v) is 17.3. The Morgan fingerprint density at radius 2 is 1.90 bits per heavy atom. The Kier molecular flexibility index (Phi) is 6.14. The molecule has 0 bridgehead atoms. The van der Waals surface area contributed by atoms with Crippen LogP contribution in [0.1, 0.15) is 54.6 Å². The number of carbonyl (C=O) groups excluding carboxylic acids is 1. The van der Waals surface area contributed by atoms with Gasteiger partial charge in [-0.05, 0) is 38.3 Å². The number of hydrogen-bond donors (Lipinski definition) is 1. The van der Waals surface area contributed by atoms with Crippen molar-refractivity contribution in [3.8, 4) is 11.1 Å². The van der Waals surface area contributed by atoms with E-state index in [1.807, 2.05) is 30.3 Å². The number of carbonyl (C=O) groups is 1. The second-order valence-electron chi connectivity index (χ2n) is 8.37. The summed E-state index contributed by atoms with van der Waals surface area (Å²) in [4.78, 5) is 28.2. The fourth-order valence-electron chi connectivity index (χ4n) is 4.84. The Hall–Kier alpha value is -2.40. The minimum Gasteiger partial charge on any atom is -0.351 e. The lowest BCUT2D eigenvalue weighted by molar-refractivity contribution is 0.0943. The summed E-state index contributed by atoms with van der Waals surface area (Å²) in [6, 6.07) is 12.0. The van der Waals surface area contributed by atoms with Crippen molar-refractivity contribution in [1.82, 2.24) is 14.8 Å². The summed E-state index contributed by atoms with van der Waals surface area (Å²) < 4.78 is 1.77. The van der Waals surface area contributed by atoms with Crippen LogP contribution in [0.4, 0.5) is 0 Å². The Bertz CT molecular complexity index is 914. The maximum atomic E-state index is 13.2. The van der Waals surface area contributed by atoms with E-state index in [4.69, 9.17) is 0 Å².